The summed E-state index contributed by atoms with van der Waals surface area (Å²) in [5.41, 5.74) is 2.51. The summed E-state index contributed by atoms with van der Waals surface area (Å²) in [7, 11) is 0. The Morgan fingerprint density at radius 2 is 2.20 bits per heavy atom. The summed E-state index contributed by atoms with van der Waals surface area (Å²) in [6, 6.07) is 7.45. The van der Waals surface area contributed by atoms with Crippen molar-refractivity contribution in [2.45, 2.75) is 33.2 Å². The number of carbonyl (C=O) groups excluding carboxylic acids is 1. The van der Waals surface area contributed by atoms with Crippen LogP contribution in [0.1, 0.15) is 23.8 Å². The van der Waals surface area contributed by atoms with Gasteiger partial charge in [-0.1, -0.05) is 6.07 Å². The normalized spacial score (nSPS) is 16.5. The molecule has 1 N–H and O–H groups in total. The minimum absolute atomic E-state index is 0.0239. The number of fused-ring (bicyclic) bond motifs is 1. The monoisotopic (exact) mass is 337 g/mol. The van der Waals surface area contributed by atoms with Crippen LogP contribution in [-0.4, -0.2) is 25.7 Å². The summed E-state index contributed by atoms with van der Waals surface area (Å²) >= 11 is 0. The third kappa shape index (κ3) is 3.17. The average molecular weight is 337 g/mol. The van der Waals surface area contributed by atoms with Gasteiger partial charge in [-0.05, 0) is 31.5 Å². The lowest BCUT2D eigenvalue weighted by molar-refractivity contribution is -0.120. The third-order valence-electron chi connectivity index (χ3n) is 4.39. The molecule has 0 saturated carbocycles. The second-order valence-corrected chi connectivity index (χ2v) is 6.38. The smallest absolute Gasteiger partial charge is 0.247 e. The first-order valence-corrected chi connectivity index (χ1v) is 8.32. The lowest BCUT2D eigenvalue weighted by atomic mass is 9.98. The van der Waals surface area contributed by atoms with Gasteiger partial charge in [-0.15, -0.1) is 10.2 Å². The van der Waals surface area contributed by atoms with Gasteiger partial charge >= 0.3 is 0 Å². The Balaban J connectivity index is 1.48. The molecule has 1 atom stereocenters. The molecule has 1 amide bonds. The first kappa shape index (κ1) is 15.6. The summed E-state index contributed by atoms with van der Waals surface area (Å²) in [5, 5.41) is 10.9. The number of hydrogen-bond donors (Lipinski definition) is 1. The van der Waals surface area contributed by atoms with Crippen LogP contribution in [0.2, 0.25) is 0 Å². The number of anilines is 1. The van der Waals surface area contributed by atoms with E-state index < -0.39 is 0 Å². The van der Waals surface area contributed by atoms with Crippen molar-refractivity contribution in [3.8, 4) is 11.5 Å². The minimum atomic E-state index is -0.0598. The van der Waals surface area contributed by atoms with E-state index in [0.29, 0.717) is 18.3 Å². The first-order valence-electron chi connectivity index (χ1n) is 8.32. The van der Waals surface area contributed by atoms with E-state index >= 15 is 0 Å². The van der Waals surface area contributed by atoms with E-state index in [1.54, 1.807) is 6.92 Å². The van der Waals surface area contributed by atoms with Gasteiger partial charge in [0.15, 0.2) is 0 Å². The summed E-state index contributed by atoms with van der Waals surface area (Å²) in [6.07, 6.45) is 3.64. The highest BCUT2D eigenvalue weighted by molar-refractivity contribution is 5.93. The van der Waals surface area contributed by atoms with Gasteiger partial charge in [0, 0.05) is 37.3 Å². The predicted octanol–water partition coefficient (Wildman–Crippen LogP) is 2.75. The maximum atomic E-state index is 12.6. The minimum Gasteiger partial charge on any atom is -0.421 e. The largest absolute Gasteiger partial charge is 0.421 e. The number of nitrogens with one attached hydrogen (secondary N) is 1. The Hall–Kier alpha value is -2.96. The molecule has 1 aromatic carbocycles. The van der Waals surface area contributed by atoms with Gasteiger partial charge in [-0.3, -0.25) is 4.79 Å². The average Bonchev–Trinajstić information content (AvgIpc) is 3.19. The molecule has 1 unspecified atom stereocenters. The van der Waals surface area contributed by atoms with Crippen LogP contribution >= 0.6 is 0 Å². The number of nitrogens with zero attached hydrogens (tertiary/aromatic N) is 4. The zero-order valence-corrected chi connectivity index (χ0v) is 14.2. The Labute approximate surface area is 145 Å². The molecule has 2 aromatic heterocycles. The van der Waals surface area contributed by atoms with Crippen LogP contribution in [0.25, 0.3) is 11.5 Å². The van der Waals surface area contributed by atoms with Gasteiger partial charge in [0.25, 0.3) is 0 Å². The molecule has 128 valence electrons. The van der Waals surface area contributed by atoms with E-state index in [0.717, 1.165) is 35.6 Å². The highest BCUT2D eigenvalue weighted by Crippen LogP contribution is 2.24. The summed E-state index contributed by atoms with van der Waals surface area (Å²) < 4.78 is 7.53. The molecule has 3 heterocycles. The molecule has 0 aliphatic carbocycles. The van der Waals surface area contributed by atoms with Crippen LogP contribution in [0.4, 0.5) is 5.69 Å². The van der Waals surface area contributed by atoms with Crippen molar-refractivity contribution in [2.24, 2.45) is 5.92 Å². The summed E-state index contributed by atoms with van der Waals surface area (Å²) in [6.45, 7) is 4.40. The molecule has 0 bridgehead atoms. The lowest BCUT2D eigenvalue weighted by Crippen LogP contribution is -2.31. The van der Waals surface area contributed by atoms with Crippen molar-refractivity contribution in [3.05, 3.63) is 47.9 Å². The molecule has 25 heavy (non-hydrogen) atoms. The van der Waals surface area contributed by atoms with Crippen LogP contribution in [0.15, 0.2) is 34.9 Å². The zero-order valence-electron chi connectivity index (χ0n) is 14.2. The van der Waals surface area contributed by atoms with E-state index in [2.05, 4.69) is 25.1 Å². The van der Waals surface area contributed by atoms with Crippen molar-refractivity contribution >= 4 is 11.6 Å². The second kappa shape index (κ2) is 6.16. The number of rotatable bonds is 3. The molecule has 0 fully saturated rings. The van der Waals surface area contributed by atoms with E-state index in [9.17, 15) is 4.79 Å². The van der Waals surface area contributed by atoms with E-state index in [4.69, 9.17) is 4.42 Å². The maximum Gasteiger partial charge on any atom is 0.247 e. The molecule has 4 rings (SSSR count). The molecule has 7 heteroatoms. The van der Waals surface area contributed by atoms with Crippen LogP contribution in [0.3, 0.4) is 0 Å². The van der Waals surface area contributed by atoms with E-state index in [-0.39, 0.29) is 11.8 Å². The number of hydrogen-bond acceptors (Lipinski definition) is 5. The highest BCUT2D eigenvalue weighted by atomic mass is 16.4. The maximum absolute atomic E-state index is 12.6. The number of amides is 1. The van der Waals surface area contributed by atoms with Gasteiger partial charge in [0.1, 0.15) is 5.82 Å². The standard InChI is InChI=1S/C18H19N5O2/c1-11-9-23-10-14(6-7-16(23)19-11)17(24)20-15-5-3-4-13(8-15)18-22-21-12(2)25-18/h3-5,8-9,14H,6-7,10H2,1-2H3,(H,20,24). The molecular formula is C18H19N5O2. The molecule has 1 aliphatic heterocycles. The fourth-order valence-electron chi connectivity index (χ4n) is 3.19. The number of aromatic nitrogens is 4. The number of carbonyl (C=O) groups is 1. The topological polar surface area (TPSA) is 85.8 Å². The first-order chi connectivity index (χ1) is 12.1. The van der Waals surface area contributed by atoms with Gasteiger partial charge < -0.3 is 14.3 Å². The van der Waals surface area contributed by atoms with E-state index in [1.807, 2.05) is 37.4 Å². The lowest BCUT2D eigenvalue weighted by Gasteiger charge is -2.23. The Morgan fingerprint density at radius 3 is 3.00 bits per heavy atom. The van der Waals surface area contributed by atoms with Gasteiger partial charge in [-0.2, -0.15) is 0 Å². The van der Waals surface area contributed by atoms with Gasteiger partial charge in [0.05, 0.1) is 11.6 Å². The third-order valence-corrected chi connectivity index (χ3v) is 4.39. The van der Waals surface area contributed by atoms with Crippen molar-refractivity contribution in [1.29, 1.82) is 0 Å². The predicted molar refractivity (Wildman–Crippen MR) is 91.9 cm³/mol. The molecule has 0 spiro atoms. The molecule has 7 nitrogen and oxygen atoms in total. The van der Waals surface area contributed by atoms with Crippen LogP contribution < -0.4 is 5.32 Å². The molecule has 0 radical (unpaired) electrons. The van der Waals surface area contributed by atoms with Gasteiger partial charge in [0.2, 0.25) is 17.7 Å². The van der Waals surface area contributed by atoms with Crippen molar-refractivity contribution in [3.63, 3.8) is 0 Å². The number of imidazole rings is 1. The van der Waals surface area contributed by atoms with Crippen LogP contribution in [0.5, 0.6) is 0 Å². The van der Waals surface area contributed by atoms with Crippen molar-refractivity contribution < 1.29 is 9.21 Å². The Morgan fingerprint density at radius 1 is 1.32 bits per heavy atom. The van der Waals surface area contributed by atoms with Crippen LogP contribution in [-0.2, 0) is 17.8 Å². The fraction of sp³-hybridized carbons (Fsp3) is 0.333. The SMILES string of the molecule is Cc1cn2c(n1)CCC(C(=O)Nc1cccc(-c3nnc(C)o3)c1)C2. The quantitative estimate of drug-likeness (QED) is 0.794. The molecule has 1 aliphatic rings. The molecule has 3 aromatic rings. The summed E-state index contributed by atoms with van der Waals surface area (Å²) in [4.78, 5) is 17.1. The Kier molecular flexibility index (Phi) is 3.83. The zero-order chi connectivity index (χ0) is 17.4. The fourth-order valence-corrected chi connectivity index (χ4v) is 3.19. The highest BCUT2D eigenvalue weighted by Gasteiger charge is 2.25. The second-order valence-electron chi connectivity index (χ2n) is 6.38. The number of benzene rings is 1. The van der Waals surface area contributed by atoms with Gasteiger partial charge in [-0.25, -0.2) is 4.98 Å². The Bertz CT molecular complexity index is 927. The van der Waals surface area contributed by atoms with Crippen LogP contribution in [0, 0.1) is 19.8 Å². The van der Waals surface area contributed by atoms with Crippen molar-refractivity contribution in [1.82, 2.24) is 19.7 Å². The summed E-state index contributed by atoms with van der Waals surface area (Å²) in [5.74, 6) is 1.99. The molecular weight excluding hydrogens is 318 g/mol. The van der Waals surface area contributed by atoms with Crippen molar-refractivity contribution in [2.75, 3.05) is 5.32 Å². The number of aryl methyl sites for hydroxylation is 3. The van der Waals surface area contributed by atoms with E-state index in [1.165, 1.54) is 0 Å². The molecule has 0 saturated heterocycles.